The van der Waals surface area contributed by atoms with E-state index in [0.717, 1.165) is 6.42 Å². The third kappa shape index (κ3) is 2.58. The van der Waals surface area contributed by atoms with Gasteiger partial charge in [0.1, 0.15) is 0 Å². The van der Waals surface area contributed by atoms with E-state index in [4.69, 9.17) is 11.1 Å². The van der Waals surface area contributed by atoms with E-state index in [0.29, 0.717) is 19.5 Å². The van der Waals surface area contributed by atoms with E-state index in [9.17, 15) is 8.42 Å². The van der Waals surface area contributed by atoms with Gasteiger partial charge in [0, 0.05) is 19.3 Å². The van der Waals surface area contributed by atoms with Gasteiger partial charge < -0.3 is 10.6 Å². The topological polar surface area (TPSA) is 87.2 Å². The van der Waals surface area contributed by atoms with Crippen LogP contribution in [0.15, 0.2) is 0 Å². The third-order valence-corrected chi connectivity index (χ3v) is 3.92. The first kappa shape index (κ1) is 10.3. The van der Waals surface area contributed by atoms with Crippen molar-refractivity contribution in [2.24, 2.45) is 5.73 Å². The number of nitrogens with two attached hydrogens (primary N) is 1. The summed E-state index contributed by atoms with van der Waals surface area (Å²) in [5, 5.41) is 6.84. The van der Waals surface area contributed by atoms with Crippen molar-refractivity contribution in [2.75, 3.05) is 19.3 Å². The van der Waals surface area contributed by atoms with E-state index in [1.165, 1.54) is 6.26 Å². The molecule has 13 heavy (non-hydrogen) atoms. The van der Waals surface area contributed by atoms with Gasteiger partial charge >= 0.3 is 0 Å². The average Bonchev–Trinajstić information content (AvgIpc) is 2.03. The van der Waals surface area contributed by atoms with Crippen LogP contribution in [0.3, 0.4) is 0 Å². The predicted octanol–water partition coefficient (Wildman–Crippen LogP) is -0.611. The van der Waals surface area contributed by atoms with E-state index in [2.05, 4.69) is 0 Å². The number of nitrogens with zero attached hydrogens (tertiary/aromatic N) is 1. The van der Waals surface area contributed by atoms with Crippen molar-refractivity contribution >= 4 is 15.8 Å². The molecule has 0 spiro atoms. The summed E-state index contributed by atoms with van der Waals surface area (Å²) in [7, 11) is -2.99. The largest absolute Gasteiger partial charge is 0.370 e. The maximum absolute atomic E-state index is 11.2. The van der Waals surface area contributed by atoms with Gasteiger partial charge in [0.2, 0.25) is 0 Å². The lowest BCUT2D eigenvalue weighted by Gasteiger charge is -2.31. The number of rotatable bonds is 1. The van der Waals surface area contributed by atoms with Crippen LogP contribution in [-0.4, -0.2) is 43.9 Å². The molecule has 6 heteroatoms. The Morgan fingerprint density at radius 3 is 2.69 bits per heavy atom. The van der Waals surface area contributed by atoms with E-state index >= 15 is 0 Å². The van der Waals surface area contributed by atoms with Gasteiger partial charge in [-0.15, -0.1) is 0 Å². The molecule has 0 aromatic carbocycles. The number of hydrogen-bond donors (Lipinski definition) is 2. The second-order valence-electron chi connectivity index (χ2n) is 3.43. The van der Waals surface area contributed by atoms with Crippen LogP contribution in [-0.2, 0) is 9.84 Å². The maximum Gasteiger partial charge on any atom is 0.188 e. The predicted molar refractivity (Wildman–Crippen MR) is 51.4 cm³/mol. The summed E-state index contributed by atoms with van der Waals surface area (Å²) in [6, 6.07) is 0. The Balaban J connectivity index is 2.67. The molecule has 0 aromatic rings. The van der Waals surface area contributed by atoms with Crippen LogP contribution in [0.1, 0.15) is 12.8 Å². The molecule has 1 aliphatic heterocycles. The molecule has 1 unspecified atom stereocenters. The minimum absolute atomic E-state index is 0.0339. The smallest absolute Gasteiger partial charge is 0.188 e. The molecule has 0 radical (unpaired) electrons. The second kappa shape index (κ2) is 3.53. The Bertz CT molecular complexity index is 299. The van der Waals surface area contributed by atoms with Gasteiger partial charge in [-0.25, -0.2) is 8.42 Å². The van der Waals surface area contributed by atoms with E-state index in [1.54, 1.807) is 4.90 Å². The van der Waals surface area contributed by atoms with Gasteiger partial charge in [-0.05, 0) is 12.8 Å². The number of hydrogen-bond acceptors (Lipinski definition) is 3. The summed E-state index contributed by atoms with van der Waals surface area (Å²) < 4.78 is 22.4. The van der Waals surface area contributed by atoms with Crippen molar-refractivity contribution in [3.05, 3.63) is 0 Å². The summed E-state index contributed by atoms with van der Waals surface area (Å²) in [5.41, 5.74) is 5.29. The van der Waals surface area contributed by atoms with E-state index in [1.807, 2.05) is 0 Å². The number of guanidine groups is 1. The van der Waals surface area contributed by atoms with Crippen LogP contribution in [0.25, 0.3) is 0 Å². The first-order valence-electron chi connectivity index (χ1n) is 4.19. The summed E-state index contributed by atoms with van der Waals surface area (Å²) in [4.78, 5) is 1.61. The van der Waals surface area contributed by atoms with Gasteiger partial charge in [-0.2, -0.15) is 0 Å². The van der Waals surface area contributed by atoms with E-state index < -0.39 is 9.84 Å². The molecular formula is C7H15N3O2S. The molecule has 1 fully saturated rings. The number of piperidine rings is 1. The zero-order valence-corrected chi connectivity index (χ0v) is 8.47. The van der Waals surface area contributed by atoms with Crippen molar-refractivity contribution in [3.63, 3.8) is 0 Å². The number of sulfone groups is 1. The molecule has 3 N–H and O–H groups in total. The van der Waals surface area contributed by atoms with Crippen molar-refractivity contribution in [2.45, 2.75) is 18.1 Å². The van der Waals surface area contributed by atoms with Crippen molar-refractivity contribution in [1.29, 1.82) is 5.41 Å². The summed E-state index contributed by atoms with van der Waals surface area (Å²) >= 11 is 0. The molecule has 0 amide bonds. The van der Waals surface area contributed by atoms with Gasteiger partial charge in [-0.1, -0.05) is 0 Å². The molecule has 0 bridgehead atoms. The molecule has 0 saturated carbocycles. The highest BCUT2D eigenvalue weighted by Gasteiger charge is 2.27. The number of nitrogens with one attached hydrogen (secondary N) is 1. The Hall–Kier alpha value is -0.780. The fraction of sp³-hybridized carbons (Fsp3) is 0.857. The first-order valence-corrected chi connectivity index (χ1v) is 6.14. The highest BCUT2D eigenvalue weighted by Crippen LogP contribution is 2.15. The van der Waals surface area contributed by atoms with Crippen LogP contribution in [0.4, 0.5) is 0 Å². The Morgan fingerprint density at radius 2 is 2.23 bits per heavy atom. The summed E-state index contributed by atoms with van der Waals surface area (Å²) in [6.45, 7) is 1.07. The van der Waals surface area contributed by atoms with Crippen LogP contribution in [0.5, 0.6) is 0 Å². The molecule has 0 aliphatic carbocycles. The standard InChI is InChI=1S/C7H15N3O2S/c1-13(11,12)6-3-2-4-10(5-6)7(8)9/h6H,2-5H2,1H3,(H3,8,9). The lowest BCUT2D eigenvalue weighted by Crippen LogP contribution is -2.47. The monoisotopic (exact) mass is 205 g/mol. The SMILES string of the molecule is CS(=O)(=O)C1CCCN(C(=N)N)C1. The molecule has 1 heterocycles. The molecule has 1 aliphatic rings. The third-order valence-electron chi connectivity index (χ3n) is 2.32. The van der Waals surface area contributed by atoms with Gasteiger partial charge in [0.15, 0.2) is 15.8 Å². The van der Waals surface area contributed by atoms with Gasteiger partial charge in [0.05, 0.1) is 5.25 Å². The zero-order valence-electron chi connectivity index (χ0n) is 7.66. The fourth-order valence-electron chi connectivity index (χ4n) is 1.51. The second-order valence-corrected chi connectivity index (χ2v) is 5.75. The number of likely N-dealkylation sites (tertiary alicyclic amines) is 1. The van der Waals surface area contributed by atoms with Crippen LogP contribution in [0, 0.1) is 5.41 Å². The van der Waals surface area contributed by atoms with Crippen molar-refractivity contribution < 1.29 is 8.42 Å². The lowest BCUT2D eigenvalue weighted by atomic mass is 10.1. The quantitative estimate of drug-likeness (QED) is 0.441. The Labute approximate surface area is 78.3 Å². The summed E-state index contributed by atoms with van der Waals surface area (Å²) in [5.74, 6) is -0.0339. The Morgan fingerprint density at radius 1 is 1.62 bits per heavy atom. The molecule has 0 aromatic heterocycles. The van der Waals surface area contributed by atoms with Crippen LogP contribution in [0.2, 0.25) is 0 Å². The highest BCUT2D eigenvalue weighted by atomic mass is 32.2. The van der Waals surface area contributed by atoms with Crippen LogP contribution < -0.4 is 5.73 Å². The molecule has 1 saturated heterocycles. The molecular weight excluding hydrogens is 190 g/mol. The normalized spacial score (nSPS) is 24.4. The molecule has 76 valence electrons. The highest BCUT2D eigenvalue weighted by molar-refractivity contribution is 7.91. The molecule has 5 nitrogen and oxygen atoms in total. The van der Waals surface area contributed by atoms with E-state index in [-0.39, 0.29) is 11.2 Å². The lowest BCUT2D eigenvalue weighted by molar-refractivity contribution is 0.337. The van der Waals surface area contributed by atoms with Crippen LogP contribution >= 0.6 is 0 Å². The van der Waals surface area contributed by atoms with Gasteiger partial charge in [-0.3, -0.25) is 5.41 Å². The summed E-state index contributed by atoms with van der Waals surface area (Å²) in [6.07, 6.45) is 2.71. The fourth-order valence-corrected chi connectivity index (χ4v) is 2.55. The first-order chi connectivity index (χ1) is 5.91. The molecule has 1 atom stereocenters. The Kier molecular flexibility index (Phi) is 2.80. The molecule has 1 rings (SSSR count). The minimum Gasteiger partial charge on any atom is -0.370 e. The van der Waals surface area contributed by atoms with Crippen molar-refractivity contribution in [3.8, 4) is 0 Å². The minimum atomic E-state index is -2.99. The van der Waals surface area contributed by atoms with Crippen molar-refractivity contribution in [1.82, 2.24) is 4.90 Å². The maximum atomic E-state index is 11.2. The van der Waals surface area contributed by atoms with Gasteiger partial charge in [0.25, 0.3) is 0 Å². The zero-order chi connectivity index (χ0) is 10.1. The average molecular weight is 205 g/mol.